The Morgan fingerprint density at radius 3 is 2.82 bits per heavy atom. The van der Waals surface area contributed by atoms with E-state index in [1.165, 1.54) is 19.2 Å². The molecule has 9 nitrogen and oxygen atoms in total. The van der Waals surface area contributed by atoms with Crippen molar-refractivity contribution in [3.63, 3.8) is 0 Å². The number of aromatic nitrogens is 3. The molecule has 0 saturated heterocycles. The fourth-order valence-corrected chi connectivity index (χ4v) is 4.62. The molecule has 172 valence electrons. The van der Waals surface area contributed by atoms with Crippen LogP contribution in [0.1, 0.15) is 48.9 Å². The quantitative estimate of drug-likeness (QED) is 0.528. The number of carbonyl (C=O) groups excluding carboxylic acids is 1. The molecule has 3 heterocycles. The maximum atomic E-state index is 13.1. The minimum atomic E-state index is -0.144. The monoisotopic (exact) mass is 449 g/mol. The SMILES string of the molecule is N[C@H]1CC[C@@H](NC(=O)c2c[nH]c3c(-c4c(OCC5CC5)ccc5c4OCO5)ncnc23)CC1. The molecule has 0 spiro atoms. The van der Waals surface area contributed by atoms with Crippen LogP contribution in [0, 0.1) is 5.92 Å². The van der Waals surface area contributed by atoms with Crippen LogP contribution in [0.4, 0.5) is 0 Å². The lowest BCUT2D eigenvalue weighted by molar-refractivity contribution is 0.0927. The van der Waals surface area contributed by atoms with Gasteiger partial charge in [-0.2, -0.15) is 0 Å². The van der Waals surface area contributed by atoms with Gasteiger partial charge in [0.15, 0.2) is 11.5 Å². The van der Waals surface area contributed by atoms with Crippen molar-refractivity contribution >= 4 is 16.9 Å². The smallest absolute Gasteiger partial charge is 0.255 e. The minimum absolute atomic E-state index is 0.133. The maximum absolute atomic E-state index is 13.1. The number of hydrogen-bond acceptors (Lipinski definition) is 7. The molecule has 9 heteroatoms. The summed E-state index contributed by atoms with van der Waals surface area (Å²) in [5, 5.41) is 3.14. The fourth-order valence-electron chi connectivity index (χ4n) is 4.62. The summed E-state index contributed by atoms with van der Waals surface area (Å²) in [4.78, 5) is 25.3. The van der Waals surface area contributed by atoms with Crippen LogP contribution in [0.2, 0.25) is 0 Å². The summed E-state index contributed by atoms with van der Waals surface area (Å²) in [6.45, 7) is 0.802. The molecule has 4 N–H and O–H groups in total. The average molecular weight is 450 g/mol. The van der Waals surface area contributed by atoms with Gasteiger partial charge in [0, 0.05) is 18.3 Å². The van der Waals surface area contributed by atoms with Crippen molar-refractivity contribution < 1.29 is 19.0 Å². The van der Waals surface area contributed by atoms with Crippen molar-refractivity contribution in [3.05, 3.63) is 30.2 Å². The third-order valence-electron chi connectivity index (χ3n) is 6.72. The van der Waals surface area contributed by atoms with Crippen LogP contribution in [-0.4, -0.2) is 46.3 Å². The third kappa shape index (κ3) is 3.86. The van der Waals surface area contributed by atoms with Crippen molar-refractivity contribution in [1.29, 1.82) is 0 Å². The molecule has 1 aliphatic heterocycles. The summed E-state index contributed by atoms with van der Waals surface area (Å²) >= 11 is 0. The Hall–Kier alpha value is -3.33. The van der Waals surface area contributed by atoms with Crippen molar-refractivity contribution in [1.82, 2.24) is 20.3 Å². The molecular formula is C24H27N5O4. The van der Waals surface area contributed by atoms with Crippen LogP contribution in [0.25, 0.3) is 22.3 Å². The molecule has 3 aromatic rings. The largest absolute Gasteiger partial charge is 0.492 e. The van der Waals surface area contributed by atoms with E-state index in [2.05, 4.69) is 20.3 Å². The van der Waals surface area contributed by atoms with Gasteiger partial charge in [-0.05, 0) is 56.6 Å². The number of hydrogen-bond donors (Lipinski definition) is 3. The van der Waals surface area contributed by atoms with E-state index in [1.54, 1.807) is 6.20 Å². The van der Waals surface area contributed by atoms with Gasteiger partial charge >= 0.3 is 0 Å². The molecular weight excluding hydrogens is 422 g/mol. The second-order valence-corrected chi connectivity index (χ2v) is 9.16. The first kappa shape index (κ1) is 20.3. The second kappa shape index (κ2) is 8.22. The first-order valence-electron chi connectivity index (χ1n) is 11.6. The van der Waals surface area contributed by atoms with Gasteiger partial charge in [0.1, 0.15) is 23.3 Å². The molecule has 1 aromatic carbocycles. The van der Waals surface area contributed by atoms with Crippen LogP contribution in [0.15, 0.2) is 24.7 Å². The first-order valence-corrected chi connectivity index (χ1v) is 11.6. The van der Waals surface area contributed by atoms with Gasteiger partial charge in [0.2, 0.25) is 6.79 Å². The fraction of sp³-hybridized carbons (Fsp3) is 0.458. The Balaban J connectivity index is 1.35. The van der Waals surface area contributed by atoms with Gasteiger partial charge in [0.25, 0.3) is 5.91 Å². The van der Waals surface area contributed by atoms with E-state index in [1.807, 2.05) is 12.1 Å². The number of carbonyl (C=O) groups is 1. The topological polar surface area (TPSA) is 124 Å². The van der Waals surface area contributed by atoms with E-state index in [0.717, 1.165) is 25.7 Å². The van der Waals surface area contributed by atoms with Gasteiger partial charge in [-0.25, -0.2) is 9.97 Å². The zero-order valence-corrected chi connectivity index (χ0v) is 18.3. The number of benzene rings is 1. The first-order chi connectivity index (χ1) is 16.2. The molecule has 3 aliphatic rings. The third-order valence-corrected chi connectivity index (χ3v) is 6.72. The Morgan fingerprint density at radius 1 is 1.15 bits per heavy atom. The van der Waals surface area contributed by atoms with Gasteiger partial charge in [0.05, 0.1) is 23.3 Å². The van der Waals surface area contributed by atoms with Crippen LogP contribution in [-0.2, 0) is 0 Å². The summed E-state index contributed by atoms with van der Waals surface area (Å²) in [6.07, 6.45) is 9.19. The van der Waals surface area contributed by atoms with Crippen LogP contribution in [0.5, 0.6) is 17.2 Å². The lowest BCUT2D eigenvalue weighted by Crippen LogP contribution is -2.40. The van der Waals surface area contributed by atoms with E-state index in [4.69, 9.17) is 19.9 Å². The van der Waals surface area contributed by atoms with Crippen LogP contribution >= 0.6 is 0 Å². The summed E-state index contributed by atoms with van der Waals surface area (Å²) in [7, 11) is 0. The summed E-state index contributed by atoms with van der Waals surface area (Å²) in [5.41, 5.74) is 9.05. The molecule has 0 radical (unpaired) electrons. The normalized spacial score (nSPS) is 21.8. The number of fused-ring (bicyclic) bond motifs is 2. The number of rotatable bonds is 6. The number of nitrogens with zero attached hydrogens (tertiary/aromatic N) is 2. The van der Waals surface area contributed by atoms with Gasteiger partial charge < -0.3 is 30.2 Å². The van der Waals surface area contributed by atoms with Crippen molar-refractivity contribution in [2.45, 2.75) is 50.6 Å². The standard InChI is InChI=1S/C24H27N5O4/c25-14-3-5-15(6-4-14)29-24(30)16-9-26-22-20(16)27-11-28-21(22)19-17(31-10-13-1-2-13)7-8-18-23(19)33-12-32-18/h7-9,11,13-15,26H,1-6,10,12,25H2,(H,29,30)/t14-,15+. The van der Waals surface area contributed by atoms with E-state index in [9.17, 15) is 4.79 Å². The Labute approximate surface area is 191 Å². The summed E-state index contributed by atoms with van der Waals surface area (Å²) in [6, 6.07) is 4.12. The Bertz CT molecular complexity index is 1200. The average Bonchev–Trinajstić information content (AvgIpc) is 3.35. The molecule has 0 unspecified atom stereocenters. The highest BCUT2D eigenvalue weighted by Gasteiger charge is 2.29. The van der Waals surface area contributed by atoms with Gasteiger partial charge in [-0.1, -0.05) is 0 Å². The highest BCUT2D eigenvalue weighted by atomic mass is 16.7. The second-order valence-electron chi connectivity index (χ2n) is 9.16. The zero-order valence-electron chi connectivity index (χ0n) is 18.3. The molecule has 0 atom stereocenters. The van der Waals surface area contributed by atoms with Crippen molar-refractivity contribution in [2.24, 2.45) is 11.7 Å². The number of nitrogens with one attached hydrogen (secondary N) is 2. The van der Waals surface area contributed by atoms with Gasteiger partial charge in [-0.15, -0.1) is 0 Å². The lowest BCUT2D eigenvalue weighted by Gasteiger charge is -2.26. The van der Waals surface area contributed by atoms with E-state index >= 15 is 0 Å². The molecule has 2 aromatic heterocycles. The number of H-pyrrole nitrogens is 1. The summed E-state index contributed by atoms with van der Waals surface area (Å²) < 4.78 is 17.5. The predicted molar refractivity (Wildman–Crippen MR) is 121 cm³/mol. The molecule has 2 saturated carbocycles. The van der Waals surface area contributed by atoms with E-state index in [-0.39, 0.29) is 24.8 Å². The predicted octanol–water partition coefficient (Wildman–Crippen LogP) is 3.14. The molecule has 33 heavy (non-hydrogen) atoms. The number of aromatic amines is 1. The molecule has 2 aliphatic carbocycles. The van der Waals surface area contributed by atoms with Crippen LogP contribution in [0.3, 0.4) is 0 Å². The lowest BCUT2D eigenvalue weighted by atomic mass is 9.91. The Kier molecular flexibility index (Phi) is 5.05. The molecule has 6 rings (SSSR count). The summed E-state index contributed by atoms with van der Waals surface area (Å²) in [5.74, 6) is 2.39. The van der Waals surface area contributed by atoms with E-state index in [0.29, 0.717) is 57.6 Å². The highest BCUT2D eigenvalue weighted by Crippen LogP contribution is 2.48. The van der Waals surface area contributed by atoms with Crippen LogP contribution < -0.4 is 25.3 Å². The number of ether oxygens (including phenoxy) is 3. The molecule has 2 fully saturated rings. The van der Waals surface area contributed by atoms with Gasteiger partial charge in [-0.3, -0.25) is 4.79 Å². The minimum Gasteiger partial charge on any atom is -0.492 e. The Morgan fingerprint density at radius 2 is 2.00 bits per heavy atom. The molecule has 1 amide bonds. The number of amides is 1. The van der Waals surface area contributed by atoms with Crippen molar-refractivity contribution in [3.8, 4) is 28.5 Å². The van der Waals surface area contributed by atoms with Crippen molar-refractivity contribution in [2.75, 3.05) is 13.4 Å². The zero-order chi connectivity index (χ0) is 22.4. The molecule has 0 bridgehead atoms. The highest BCUT2D eigenvalue weighted by molar-refractivity contribution is 6.08. The van der Waals surface area contributed by atoms with E-state index < -0.39 is 0 Å². The number of nitrogens with two attached hydrogens (primary N) is 1. The maximum Gasteiger partial charge on any atom is 0.255 e.